The summed E-state index contributed by atoms with van der Waals surface area (Å²) in [5, 5.41) is 22.2. The number of nitrogen functional groups attached to an aromatic ring is 2. The Hall–Kier alpha value is -5.18. The number of imidazole rings is 2. The highest BCUT2D eigenvalue weighted by Gasteiger charge is 2.54. The summed E-state index contributed by atoms with van der Waals surface area (Å²) in [6, 6.07) is 10.3. The number of esters is 1. The largest absolute Gasteiger partial charge is 0.472 e. The summed E-state index contributed by atoms with van der Waals surface area (Å²) in [6.45, 7) is -3.57. The Balaban J connectivity index is 0.000000169. The van der Waals surface area contributed by atoms with Crippen LogP contribution in [-0.2, 0) is 54.5 Å². The summed E-state index contributed by atoms with van der Waals surface area (Å²) in [7, 11) is 0. The number of furan rings is 2. The molecule has 10 heterocycles. The molecule has 352 valence electrons. The van der Waals surface area contributed by atoms with Gasteiger partial charge in [-0.3, -0.25) is 27.5 Å². The molecule has 4 aliphatic heterocycles. The molecule has 0 aliphatic carbocycles. The van der Waals surface area contributed by atoms with Crippen molar-refractivity contribution in [1.82, 2.24) is 39.0 Å². The molecule has 28 heteroatoms. The molecule has 0 amide bonds. The average Bonchev–Trinajstić information content (AvgIpc) is 4.18. The van der Waals surface area contributed by atoms with Crippen LogP contribution in [0.4, 0.5) is 11.6 Å². The first-order valence-electron chi connectivity index (χ1n) is 20.4. The number of rotatable bonds is 9. The number of carbonyl (C=O) groups excluding carboxylic acids is 1. The second kappa shape index (κ2) is 18.0. The topological polar surface area (TPSA) is 325 Å². The van der Waals surface area contributed by atoms with Crippen LogP contribution in [0, 0.1) is 5.92 Å². The molecule has 1 aromatic carbocycles. The Labute approximate surface area is 387 Å². The van der Waals surface area contributed by atoms with E-state index in [9.17, 15) is 24.5 Å². The summed E-state index contributed by atoms with van der Waals surface area (Å²) in [5.74, 6) is 1.37. The third-order valence-electron chi connectivity index (χ3n) is 11.0. The first-order valence-corrected chi connectivity index (χ1v) is 26.1. The van der Waals surface area contributed by atoms with Crippen molar-refractivity contribution in [3.8, 4) is 28.5 Å². The van der Waals surface area contributed by atoms with E-state index in [1.165, 1.54) is 37.7 Å². The monoisotopic (exact) mass is 998 g/mol. The van der Waals surface area contributed by atoms with Gasteiger partial charge in [-0.2, -0.15) is 0 Å². The van der Waals surface area contributed by atoms with Gasteiger partial charge < -0.3 is 54.1 Å². The summed E-state index contributed by atoms with van der Waals surface area (Å²) < 4.78 is 66.5. The minimum Gasteiger partial charge on any atom is -0.472 e. The fourth-order valence-corrected chi connectivity index (χ4v) is 12.6. The number of aliphatic hydroxyl groups excluding tert-OH is 2. The molecule has 5 unspecified atom stereocenters. The van der Waals surface area contributed by atoms with Gasteiger partial charge in [0.15, 0.2) is 46.4 Å². The Bertz CT molecular complexity index is 3030. The lowest BCUT2D eigenvalue weighted by Crippen LogP contribution is -2.39. The molecule has 0 saturated carbocycles. The lowest BCUT2D eigenvalue weighted by Gasteiger charge is -2.31. The van der Waals surface area contributed by atoms with Crippen molar-refractivity contribution in [2.75, 3.05) is 24.7 Å². The van der Waals surface area contributed by atoms with Crippen molar-refractivity contribution in [2.24, 2.45) is 5.92 Å². The summed E-state index contributed by atoms with van der Waals surface area (Å²) in [5.41, 5.74) is 15.5. The molecule has 4 aliphatic rings. The second-order valence-corrected chi connectivity index (χ2v) is 22.6. The molecular formula is C39H40N10O14P2S2. The van der Waals surface area contributed by atoms with Gasteiger partial charge in [0.1, 0.15) is 79.2 Å². The van der Waals surface area contributed by atoms with Gasteiger partial charge in [-0.1, -0.05) is 26.0 Å². The lowest BCUT2D eigenvalue weighted by molar-refractivity contribution is -0.137. The van der Waals surface area contributed by atoms with Gasteiger partial charge >= 0.3 is 19.5 Å². The van der Waals surface area contributed by atoms with Crippen LogP contribution in [-0.4, -0.2) is 110 Å². The standard InChI is InChI=1S/C25H26N5O8PS.C14H14N5O6PS/c1-13(2)25(32)36-16-5-3-14(4-6-16)11-40-39(33)35-10-17-20(38-39)19(31)24(37-17)30-22(15-7-8-34-9-15)29-18-21(26)27-12-28-23(18)30;15-11-8-13(17-5-16-11)19(12(18-8)6-1-2-22-3-6)14-9(20)10-7(24-14)4-23-26(21,27)25-10/h3-9,12-13,17,19-20,24,31H,10-11H2,1-2H3,(H2,26,27,28);1-3,5,7,9-10,14,20H,4H2,(H,21,27)(H2,15,16,17)/t17?,19-,20?,24+,39+;7?,9-,10?,14+,26?/m00/s1. The number of anilines is 2. The maximum Gasteiger partial charge on any atom is 0.389 e. The molecule has 4 saturated heterocycles. The third-order valence-corrected chi connectivity index (χ3v) is 16.2. The van der Waals surface area contributed by atoms with E-state index in [-0.39, 0.29) is 36.7 Å². The smallest absolute Gasteiger partial charge is 0.389 e. The predicted molar refractivity (Wildman–Crippen MR) is 239 cm³/mol. The number of nitrogens with zero attached hydrogens (tertiary/aromatic N) is 8. The van der Waals surface area contributed by atoms with Gasteiger partial charge in [0.25, 0.3) is 0 Å². The van der Waals surface area contributed by atoms with Crippen LogP contribution in [0.5, 0.6) is 5.75 Å². The number of aromatic nitrogens is 8. The molecule has 0 bridgehead atoms. The number of aliphatic hydroxyl groups is 2. The molecular weight excluding hydrogens is 959 g/mol. The number of fused-ring (bicyclic) bond motifs is 4. The Morgan fingerprint density at radius 1 is 0.821 bits per heavy atom. The van der Waals surface area contributed by atoms with Crippen LogP contribution < -0.4 is 16.2 Å². The summed E-state index contributed by atoms with van der Waals surface area (Å²) >= 11 is 5.88. The van der Waals surface area contributed by atoms with E-state index >= 15 is 0 Å². The van der Waals surface area contributed by atoms with Crippen LogP contribution in [0.3, 0.4) is 0 Å². The number of nitrogens with two attached hydrogens (primary N) is 2. The third kappa shape index (κ3) is 8.78. The SMILES string of the molecule is CC(C)C(=O)Oc1ccc(CS[P@]2(=O)OCC3O[C@@H](n4c(-c5ccoc5)nc5c(N)ncnc54)[C@@H](O)C3O2)cc1.Nc1ncnc2c1nc(-c1ccoc1)n2[C@@H]1OC2COP(O)(=S)OC2[C@@H]1O. The number of benzene rings is 1. The predicted octanol–water partition coefficient (Wildman–Crippen LogP) is 4.50. The van der Waals surface area contributed by atoms with Crippen molar-refractivity contribution < 1.29 is 65.6 Å². The highest BCUT2D eigenvalue weighted by molar-refractivity contribution is 8.54. The lowest BCUT2D eigenvalue weighted by atomic mass is 10.1. The van der Waals surface area contributed by atoms with Crippen LogP contribution in [0.2, 0.25) is 0 Å². The highest BCUT2D eigenvalue weighted by atomic mass is 32.7. The molecule has 0 spiro atoms. The molecule has 4 fully saturated rings. The van der Waals surface area contributed by atoms with Gasteiger partial charge in [-0.25, -0.2) is 34.5 Å². The van der Waals surface area contributed by atoms with Crippen molar-refractivity contribution in [1.29, 1.82) is 0 Å². The van der Waals surface area contributed by atoms with Gasteiger partial charge in [0, 0.05) is 5.75 Å². The minimum absolute atomic E-state index is 0.0107. The summed E-state index contributed by atoms with van der Waals surface area (Å²) in [4.78, 5) is 47.3. The average molecular weight is 999 g/mol. The van der Waals surface area contributed by atoms with Crippen LogP contribution in [0.15, 0.2) is 82.9 Å². The van der Waals surface area contributed by atoms with Gasteiger partial charge in [0.05, 0.1) is 42.8 Å². The van der Waals surface area contributed by atoms with E-state index in [4.69, 9.17) is 64.4 Å². The quantitative estimate of drug-likeness (QED) is 0.0755. The molecule has 11 rings (SSSR count). The number of ether oxygens (including phenoxy) is 3. The molecule has 0 radical (unpaired) electrons. The first-order chi connectivity index (χ1) is 32.2. The number of hydrogen-bond acceptors (Lipinski definition) is 23. The number of hydrogen-bond donors (Lipinski definition) is 5. The van der Waals surface area contributed by atoms with Crippen LogP contribution in [0.1, 0.15) is 31.9 Å². The van der Waals surface area contributed by atoms with E-state index in [0.717, 1.165) is 16.9 Å². The zero-order chi connectivity index (χ0) is 46.8. The van der Waals surface area contributed by atoms with Crippen molar-refractivity contribution >= 4 is 76.6 Å². The first kappa shape index (κ1) is 45.6. The summed E-state index contributed by atoms with van der Waals surface area (Å²) in [6.07, 6.45) is 1.26. The Kier molecular flexibility index (Phi) is 12.3. The second-order valence-electron chi connectivity index (χ2n) is 15.7. The van der Waals surface area contributed by atoms with Gasteiger partial charge in [-0.05, 0) is 53.0 Å². The molecule has 7 aromatic rings. The Morgan fingerprint density at radius 3 is 1.85 bits per heavy atom. The fourth-order valence-electron chi connectivity index (χ4n) is 7.72. The fraction of sp³-hybridized carbons (Fsp3) is 0.359. The van der Waals surface area contributed by atoms with Gasteiger partial charge in [-0.15, -0.1) is 0 Å². The Morgan fingerprint density at radius 2 is 1.34 bits per heavy atom. The molecule has 24 nitrogen and oxygen atoms in total. The van der Waals surface area contributed by atoms with E-state index in [1.54, 1.807) is 59.4 Å². The van der Waals surface area contributed by atoms with E-state index in [2.05, 4.69) is 29.9 Å². The minimum atomic E-state index is -3.65. The van der Waals surface area contributed by atoms with Crippen LogP contribution in [0.25, 0.3) is 45.1 Å². The van der Waals surface area contributed by atoms with Crippen molar-refractivity contribution in [3.05, 3.63) is 79.7 Å². The van der Waals surface area contributed by atoms with Gasteiger partial charge in [0.2, 0.25) is 0 Å². The maximum atomic E-state index is 13.5. The van der Waals surface area contributed by atoms with Crippen molar-refractivity contribution in [3.63, 3.8) is 0 Å². The van der Waals surface area contributed by atoms with E-state index < -0.39 is 62.6 Å². The van der Waals surface area contributed by atoms with E-state index in [0.29, 0.717) is 56.6 Å². The molecule has 10 atom stereocenters. The zero-order valence-corrected chi connectivity index (χ0v) is 38.4. The molecule has 67 heavy (non-hydrogen) atoms. The van der Waals surface area contributed by atoms with Crippen molar-refractivity contribution in [2.45, 2.75) is 68.7 Å². The molecule has 6 aromatic heterocycles. The molecule has 7 N–H and O–H groups in total. The number of carbonyl (C=O) groups is 1. The zero-order valence-electron chi connectivity index (χ0n) is 35.0. The van der Waals surface area contributed by atoms with E-state index in [1.807, 2.05) is 0 Å². The van der Waals surface area contributed by atoms with Crippen LogP contribution >= 0.6 is 24.9 Å². The highest BCUT2D eigenvalue weighted by Crippen LogP contribution is 2.66. The maximum absolute atomic E-state index is 13.5. The normalized spacial score (nSPS) is 29.2.